The number of carboxylic acids is 1. The lowest BCUT2D eigenvalue weighted by molar-refractivity contribution is 0.0697. The minimum absolute atomic E-state index is 0.199. The van der Waals surface area contributed by atoms with E-state index >= 15 is 0 Å². The summed E-state index contributed by atoms with van der Waals surface area (Å²) in [5.41, 5.74) is 8.63. The van der Waals surface area contributed by atoms with Crippen LogP contribution in [0, 0.1) is 0 Å². The number of primary amides is 1. The van der Waals surface area contributed by atoms with Gasteiger partial charge < -0.3 is 20.3 Å². The van der Waals surface area contributed by atoms with Gasteiger partial charge in [-0.25, -0.2) is 15.0 Å². The molecule has 0 aromatic heterocycles. The Kier molecular flexibility index (Phi) is 5.94. The number of rotatable bonds is 7. The zero-order valence-electron chi connectivity index (χ0n) is 13.4. The van der Waals surface area contributed by atoms with E-state index in [2.05, 4.69) is 10.5 Å². The van der Waals surface area contributed by atoms with Crippen molar-refractivity contribution < 1.29 is 24.2 Å². The number of carbonyl (C=O) groups excluding carboxylic acids is 1. The Bertz CT molecular complexity index is 787. The van der Waals surface area contributed by atoms with Gasteiger partial charge in [-0.2, -0.15) is 5.10 Å². The standard InChI is InChI=1S/C17H17N3O5/c1-24-14-4-2-3-13(9-19-20-17(18)23)15(14)25-10-11-5-7-12(8-6-11)16(21)22/h2-9H,10H2,1H3,(H,21,22)(H3,18,20,23)/b19-9-. The third-order valence-corrected chi connectivity index (χ3v) is 3.19. The summed E-state index contributed by atoms with van der Waals surface area (Å²) in [4.78, 5) is 21.6. The van der Waals surface area contributed by atoms with Gasteiger partial charge in [0.2, 0.25) is 0 Å². The zero-order chi connectivity index (χ0) is 18.2. The van der Waals surface area contributed by atoms with E-state index < -0.39 is 12.0 Å². The minimum atomic E-state index is -0.988. The van der Waals surface area contributed by atoms with Crippen LogP contribution in [0.5, 0.6) is 11.5 Å². The molecule has 0 saturated carbocycles. The number of amides is 2. The normalized spacial score (nSPS) is 10.4. The number of aromatic carboxylic acids is 1. The van der Waals surface area contributed by atoms with E-state index in [0.717, 1.165) is 5.56 Å². The molecule has 0 saturated heterocycles. The molecule has 4 N–H and O–H groups in total. The summed E-state index contributed by atoms with van der Waals surface area (Å²) < 4.78 is 11.1. The maximum atomic E-state index is 10.9. The van der Waals surface area contributed by atoms with E-state index in [0.29, 0.717) is 17.1 Å². The number of benzene rings is 2. The van der Waals surface area contributed by atoms with Crippen molar-refractivity contribution in [3.63, 3.8) is 0 Å². The number of carbonyl (C=O) groups is 2. The largest absolute Gasteiger partial charge is 0.493 e. The van der Waals surface area contributed by atoms with E-state index in [-0.39, 0.29) is 12.2 Å². The SMILES string of the molecule is COc1cccc(/C=N\NC(N)=O)c1OCc1ccc(C(=O)O)cc1. The van der Waals surface area contributed by atoms with Crippen LogP contribution in [-0.4, -0.2) is 30.4 Å². The highest BCUT2D eigenvalue weighted by atomic mass is 16.5. The second-order valence-electron chi connectivity index (χ2n) is 4.90. The molecule has 2 amide bonds. The first kappa shape index (κ1) is 17.8. The smallest absolute Gasteiger partial charge is 0.335 e. The highest BCUT2D eigenvalue weighted by Crippen LogP contribution is 2.30. The summed E-state index contributed by atoms with van der Waals surface area (Å²) in [6.07, 6.45) is 1.39. The fourth-order valence-electron chi connectivity index (χ4n) is 2.01. The third kappa shape index (κ3) is 4.96. The molecular weight excluding hydrogens is 326 g/mol. The van der Waals surface area contributed by atoms with Gasteiger partial charge in [0.15, 0.2) is 11.5 Å². The first-order chi connectivity index (χ1) is 12.0. The number of nitrogens with one attached hydrogen (secondary N) is 1. The van der Waals surface area contributed by atoms with Crippen LogP contribution in [0.3, 0.4) is 0 Å². The van der Waals surface area contributed by atoms with Crippen LogP contribution in [0.4, 0.5) is 4.79 Å². The van der Waals surface area contributed by atoms with Crippen LogP contribution < -0.4 is 20.6 Å². The lowest BCUT2D eigenvalue weighted by Crippen LogP contribution is -2.24. The molecule has 0 radical (unpaired) electrons. The molecule has 0 spiro atoms. The van der Waals surface area contributed by atoms with Crippen molar-refractivity contribution in [3.8, 4) is 11.5 Å². The fourth-order valence-corrected chi connectivity index (χ4v) is 2.01. The fraction of sp³-hybridized carbons (Fsp3) is 0.118. The quantitative estimate of drug-likeness (QED) is 0.524. The Morgan fingerprint density at radius 2 is 1.96 bits per heavy atom. The first-order valence-electron chi connectivity index (χ1n) is 7.22. The Labute approximate surface area is 143 Å². The zero-order valence-corrected chi connectivity index (χ0v) is 13.4. The highest BCUT2D eigenvalue weighted by molar-refractivity contribution is 5.87. The van der Waals surface area contributed by atoms with Crippen molar-refractivity contribution in [1.82, 2.24) is 5.43 Å². The van der Waals surface area contributed by atoms with Crippen molar-refractivity contribution in [3.05, 3.63) is 59.2 Å². The van der Waals surface area contributed by atoms with Crippen molar-refractivity contribution in [1.29, 1.82) is 0 Å². The maximum Gasteiger partial charge on any atom is 0.335 e. The molecule has 2 aromatic rings. The van der Waals surface area contributed by atoms with E-state index in [1.165, 1.54) is 25.5 Å². The Hall–Kier alpha value is -3.55. The number of hydrogen-bond donors (Lipinski definition) is 3. The second-order valence-corrected chi connectivity index (χ2v) is 4.90. The molecule has 0 aliphatic carbocycles. The molecule has 0 heterocycles. The van der Waals surface area contributed by atoms with Crippen LogP contribution in [-0.2, 0) is 6.61 Å². The molecule has 25 heavy (non-hydrogen) atoms. The van der Waals surface area contributed by atoms with Gasteiger partial charge in [-0.1, -0.05) is 18.2 Å². The summed E-state index contributed by atoms with van der Waals surface area (Å²) in [5, 5.41) is 12.6. The monoisotopic (exact) mass is 343 g/mol. The van der Waals surface area contributed by atoms with Crippen LogP contribution in [0.25, 0.3) is 0 Å². The summed E-state index contributed by atoms with van der Waals surface area (Å²) in [6, 6.07) is 10.8. The molecular formula is C17H17N3O5. The molecule has 2 rings (SSSR count). The Morgan fingerprint density at radius 1 is 1.24 bits per heavy atom. The van der Waals surface area contributed by atoms with E-state index in [1.54, 1.807) is 30.3 Å². The van der Waals surface area contributed by atoms with Crippen LogP contribution in [0.15, 0.2) is 47.6 Å². The number of ether oxygens (including phenoxy) is 2. The summed E-state index contributed by atoms with van der Waals surface area (Å²) in [7, 11) is 1.51. The van der Waals surface area contributed by atoms with Gasteiger partial charge in [-0.3, -0.25) is 0 Å². The predicted molar refractivity (Wildman–Crippen MR) is 91.0 cm³/mol. The van der Waals surface area contributed by atoms with Crippen molar-refractivity contribution >= 4 is 18.2 Å². The third-order valence-electron chi connectivity index (χ3n) is 3.19. The van der Waals surface area contributed by atoms with E-state index in [9.17, 15) is 9.59 Å². The highest BCUT2D eigenvalue weighted by Gasteiger charge is 2.10. The number of methoxy groups -OCH3 is 1. The topological polar surface area (TPSA) is 123 Å². The van der Waals surface area contributed by atoms with Gasteiger partial charge in [-0.05, 0) is 29.8 Å². The molecule has 0 unspecified atom stereocenters. The number of urea groups is 1. The van der Waals surface area contributed by atoms with E-state index in [1.807, 2.05) is 0 Å². The molecule has 0 bridgehead atoms. The number of hydrogen-bond acceptors (Lipinski definition) is 5. The molecule has 8 heteroatoms. The maximum absolute atomic E-state index is 10.9. The summed E-state index contributed by atoms with van der Waals surface area (Å²) in [5.74, 6) is -0.0647. The van der Waals surface area contributed by atoms with Gasteiger partial charge in [-0.15, -0.1) is 0 Å². The average Bonchev–Trinajstić information content (AvgIpc) is 2.60. The Balaban J connectivity index is 2.17. The Morgan fingerprint density at radius 3 is 2.56 bits per heavy atom. The number of nitrogens with two attached hydrogens (primary N) is 1. The van der Waals surface area contributed by atoms with Crippen molar-refractivity contribution in [2.75, 3.05) is 7.11 Å². The lowest BCUT2D eigenvalue weighted by atomic mass is 10.1. The van der Waals surface area contributed by atoms with Gasteiger partial charge >= 0.3 is 12.0 Å². The average molecular weight is 343 g/mol. The molecule has 0 aliphatic rings. The summed E-state index contributed by atoms with van der Waals surface area (Å²) >= 11 is 0. The second kappa shape index (κ2) is 8.34. The van der Waals surface area contributed by atoms with Crippen molar-refractivity contribution in [2.24, 2.45) is 10.8 Å². The van der Waals surface area contributed by atoms with Gasteiger partial charge in [0.25, 0.3) is 0 Å². The number of nitrogens with zero attached hydrogens (tertiary/aromatic N) is 1. The molecule has 130 valence electrons. The van der Waals surface area contributed by atoms with Gasteiger partial charge in [0.05, 0.1) is 18.9 Å². The first-order valence-corrected chi connectivity index (χ1v) is 7.22. The molecule has 8 nitrogen and oxygen atoms in total. The van der Waals surface area contributed by atoms with E-state index in [4.69, 9.17) is 20.3 Å². The van der Waals surface area contributed by atoms with Crippen molar-refractivity contribution in [2.45, 2.75) is 6.61 Å². The summed E-state index contributed by atoms with van der Waals surface area (Å²) in [6.45, 7) is 0.199. The van der Waals surface area contributed by atoms with Crippen LogP contribution in [0.2, 0.25) is 0 Å². The number of hydrazone groups is 1. The predicted octanol–water partition coefficient (Wildman–Crippen LogP) is 1.97. The molecule has 0 aliphatic heterocycles. The van der Waals surface area contributed by atoms with Crippen LogP contribution >= 0.6 is 0 Å². The van der Waals surface area contributed by atoms with Gasteiger partial charge in [0, 0.05) is 5.56 Å². The minimum Gasteiger partial charge on any atom is -0.493 e. The lowest BCUT2D eigenvalue weighted by Gasteiger charge is -2.13. The van der Waals surface area contributed by atoms with Gasteiger partial charge in [0.1, 0.15) is 6.61 Å². The molecule has 2 aromatic carbocycles. The molecule has 0 atom stereocenters. The molecule has 0 fully saturated rings. The number of para-hydroxylation sites is 1. The number of carboxylic acid groups (broad SMARTS) is 1. The van der Waals surface area contributed by atoms with Crippen LogP contribution in [0.1, 0.15) is 21.5 Å².